The number of aromatic hydroxyl groups is 1. The molecule has 1 nitrogen and oxygen atoms in total. The highest BCUT2D eigenvalue weighted by Gasteiger charge is 2.16. The molecule has 12 heavy (non-hydrogen) atoms. The van der Waals surface area contributed by atoms with Crippen LogP contribution in [0.5, 0.6) is 5.75 Å². The summed E-state index contributed by atoms with van der Waals surface area (Å²) in [7, 11) is 0. The van der Waals surface area contributed by atoms with Crippen molar-refractivity contribution in [3.8, 4) is 5.75 Å². The largest absolute Gasteiger partial charge is 0.508 e. The van der Waals surface area contributed by atoms with Crippen molar-refractivity contribution in [1.82, 2.24) is 0 Å². The third-order valence-corrected chi connectivity index (χ3v) is 2.45. The van der Waals surface area contributed by atoms with E-state index in [9.17, 15) is 9.50 Å². The topological polar surface area (TPSA) is 20.2 Å². The second-order valence-corrected chi connectivity index (χ2v) is 3.23. The van der Waals surface area contributed by atoms with Crippen molar-refractivity contribution in [3.05, 3.63) is 29.1 Å². The summed E-state index contributed by atoms with van der Waals surface area (Å²) in [6, 6.07) is 2.79. The minimum atomic E-state index is -0.164. The maximum atomic E-state index is 13.1. The first-order valence-electron chi connectivity index (χ1n) is 4.28. The van der Waals surface area contributed by atoms with Crippen molar-refractivity contribution >= 4 is 0 Å². The first kappa shape index (κ1) is 7.59. The summed E-state index contributed by atoms with van der Waals surface area (Å²) in [6.45, 7) is 0. The fraction of sp³-hybridized carbons (Fsp3) is 0.400. The molecule has 1 aromatic rings. The van der Waals surface area contributed by atoms with Crippen molar-refractivity contribution < 1.29 is 9.50 Å². The van der Waals surface area contributed by atoms with Crippen LogP contribution in [0.4, 0.5) is 4.39 Å². The van der Waals surface area contributed by atoms with E-state index in [1.54, 1.807) is 0 Å². The van der Waals surface area contributed by atoms with E-state index in [2.05, 4.69) is 0 Å². The van der Waals surface area contributed by atoms with Crippen molar-refractivity contribution in [2.75, 3.05) is 0 Å². The van der Waals surface area contributed by atoms with Gasteiger partial charge in [-0.2, -0.15) is 0 Å². The van der Waals surface area contributed by atoms with Crippen LogP contribution >= 0.6 is 0 Å². The first-order chi connectivity index (χ1) is 5.79. The van der Waals surface area contributed by atoms with Gasteiger partial charge in [-0.15, -0.1) is 0 Å². The molecule has 2 heteroatoms. The third-order valence-electron chi connectivity index (χ3n) is 2.45. The van der Waals surface area contributed by atoms with Gasteiger partial charge in [-0.25, -0.2) is 4.39 Å². The predicted molar refractivity (Wildman–Crippen MR) is 44.7 cm³/mol. The molecule has 0 spiro atoms. The average Bonchev–Trinajstić information content (AvgIpc) is 2.12. The van der Waals surface area contributed by atoms with Crippen molar-refractivity contribution in [1.29, 1.82) is 0 Å². The molecule has 0 saturated carbocycles. The van der Waals surface area contributed by atoms with Crippen LogP contribution in [0.2, 0.25) is 0 Å². The van der Waals surface area contributed by atoms with Gasteiger partial charge in [-0.05, 0) is 48.9 Å². The Balaban J connectivity index is 2.57. The summed E-state index contributed by atoms with van der Waals surface area (Å²) in [5, 5.41) is 9.41. The van der Waals surface area contributed by atoms with E-state index in [0.29, 0.717) is 0 Å². The van der Waals surface area contributed by atoms with Crippen LogP contribution in [-0.2, 0) is 12.8 Å². The number of halogens is 1. The molecule has 1 aromatic carbocycles. The summed E-state index contributed by atoms with van der Waals surface area (Å²) >= 11 is 0. The van der Waals surface area contributed by atoms with Crippen LogP contribution in [0.1, 0.15) is 24.0 Å². The van der Waals surface area contributed by atoms with E-state index < -0.39 is 0 Å². The molecule has 64 valence electrons. The lowest BCUT2D eigenvalue weighted by Gasteiger charge is -2.16. The molecule has 0 saturated heterocycles. The number of hydrogen-bond donors (Lipinski definition) is 1. The van der Waals surface area contributed by atoms with Gasteiger partial charge < -0.3 is 5.11 Å². The lowest BCUT2D eigenvalue weighted by Crippen LogP contribution is -2.05. The molecule has 2 rings (SSSR count). The van der Waals surface area contributed by atoms with Gasteiger partial charge in [0, 0.05) is 0 Å². The summed E-state index contributed by atoms with van der Waals surface area (Å²) in [5.41, 5.74) is 1.54. The highest BCUT2D eigenvalue weighted by atomic mass is 19.1. The lowest BCUT2D eigenvalue weighted by atomic mass is 9.91. The van der Waals surface area contributed by atoms with E-state index >= 15 is 0 Å². The molecule has 0 aromatic heterocycles. The van der Waals surface area contributed by atoms with E-state index in [-0.39, 0.29) is 11.6 Å². The smallest absolute Gasteiger partial charge is 0.126 e. The zero-order valence-corrected chi connectivity index (χ0v) is 6.81. The molecule has 1 aliphatic rings. The Kier molecular flexibility index (Phi) is 1.75. The zero-order chi connectivity index (χ0) is 8.55. The Morgan fingerprint density at radius 2 is 1.75 bits per heavy atom. The van der Waals surface area contributed by atoms with Gasteiger partial charge in [0.2, 0.25) is 0 Å². The Morgan fingerprint density at radius 1 is 1.08 bits per heavy atom. The quantitative estimate of drug-likeness (QED) is 0.627. The summed E-state index contributed by atoms with van der Waals surface area (Å²) in [6.07, 6.45) is 3.69. The third kappa shape index (κ3) is 1.07. The maximum absolute atomic E-state index is 13.1. The molecule has 0 unspecified atom stereocenters. The second-order valence-electron chi connectivity index (χ2n) is 3.23. The standard InChI is InChI=1S/C10H11FO/c11-9-5-6-10(12)8-4-2-1-3-7(8)9/h5-6,12H,1-4H2. The molecule has 0 aliphatic heterocycles. The molecule has 1 N–H and O–H groups in total. The van der Waals surface area contributed by atoms with Gasteiger partial charge in [0.15, 0.2) is 0 Å². The van der Waals surface area contributed by atoms with Crippen LogP contribution in [-0.4, -0.2) is 5.11 Å². The number of fused-ring (bicyclic) bond motifs is 1. The van der Waals surface area contributed by atoms with Gasteiger partial charge in [0.05, 0.1) is 0 Å². The second kappa shape index (κ2) is 2.77. The molecule has 0 fully saturated rings. The Morgan fingerprint density at radius 3 is 2.42 bits per heavy atom. The van der Waals surface area contributed by atoms with Crippen LogP contribution in [0.25, 0.3) is 0 Å². The van der Waals surface area contributed by atoms with Crippen molar-refractivity contribution in [3.63, 3.8) is 0 Å². The SMILES string of the molecule is Oc1ccc(F)c2c1CCCC2. The van der Waals surface area contributed by atoms with Crippen LogP contribution in [0.3, 0.4) is 0 Å². The molecule has 0 bridgehead atoms. The molecular weight excluding hydrogens is 155 g/mol. The normalized spacial score (nSPS) is 15.8. The van der Waals surface area contributed by atoms with E-state index in [0.717, 1.165) is 36.8 Å². The maximum Gasteiger partial charge on any atom is 0.126 e. The molecule has 0 radical (unpaired) electrons. The number of rotatable bonds is 0. The number of phenolic OH excluding ortho intramolecular Hbond substituents is 1. The van der Waals surface area contributed by atoms with Crippen LogP contribution < -0.4 is 0 Å². The lowest BCUT2D eigenvalue weighted by molar-refractivity contribution is 0.456. The van der Waals surface area contributed by atoms with Gasteiger partial charge >= 0.3 is 0 Å². The fourth-order valence-corrected chi connectivity index (χ4v) is 1.80. The summed E-state index contributed by atoms with van der Waals surface area (Å²) < 4.78 is 13.1. The van der Waals surface area contributed by atoms with Crippen LogP contribution in [0, 0.1) is 5.82 Å². The van der Waals surface area contributed by atoms with E-state index in [1.165, 1.54) is 12.1 Å². The molecular formula is C10H11FO. The van der Waals surface area contributed by atoms with E-state index in [4.69, 9.17) is 0 Å². The van der Waals surface area contributed by atoms with Crippen molar-refractivity contribution in [2.45, 2.75) is 25.7 Å². The van der Waals surface area contributed by atoms with Gasteiger partial charge in [0.25, 0.3) is 0 Å². The monoisotopic (exact) mass is 166 g/mol. The average molecular weight is 166 g/mol. The molecule has 1 aliphatic carbocycles. The minimum absolute atomic E-state index is 0.164. The molecule has 0 amide bonds. The van der Waals surface area contributed by atoms with Crippen LogP contribution in [0.15, 0.2) is 12.1 Å². The minimum Gasteiger partial charge on any atom is -0.508 e. The van der Waals surface area contributed by atoms with Gasteiger partial charge in [0.1, 0.15) is 11.6 Å². The van der Waals surface area contributed by atoms with Gasteiger partial charge in [-0.1, -0.05) is 0 Å². The van der Waals surface area contributed by atoms with Gasteiger partial charge in [-0.3, -0.25) is 0 Å². The Hall–Kier alpha value is -1.05. The highest BCUT2D eigenvalue weighted by molar-refractivity contribution is 5.41. The molecule has 0 heterocycles. The first-order valence-corrected chi connectivity index (χ1v) is 4.28. The van der Waals surface area contributed by atoms with Crippen molar-refractivity contribution in [2.24, 2.45) is 0 Å². The summed E-state index contributed by atoms with van der Waals surface area (Å²) in [5.74, 6) is 0.0913. The zero-order valence-electron chi connectivity index (χ0n) is 6.81. The Labute approximate surface area is 70.8 Å². The number of phenols is 1. The number of benzene rings is 1. The summed E-state index contributed by atoms with van der Waals surface area (Å²) in [4.78, 5) is 0. The molecule has 0 atom stereocenters. The fourth-order valence-electron chi connectivity index (χ4n) is 1.80. The Bertz CT molecular complexity index is 276. The predicted octanol–water partition coefficient (Wildman–Crippen LogP) is 2.41. The number of hydrogen-bond acceptors (Lipinski definition) is 1. The highest BCUT2D eigenvalue weighted by Crippen LogP contribution is 2.30. The van der Waals surface area contributed by atoms with E-state index in [1.807, 2.05) is 0 Å².